The van der Waals surface area contributed by atoms with E-state index in [2.05, 4.69) is 82.5 Å². The van der Waals surface area contributed by atoms with Crippen molar-refractivity contribution in [2.45, 2.75) is 25.7 Å². The second-order valence-electron chi connectivity index (χ2n) is 5.99. The van der Waals surface area contributed by atoms with Crippen molar-refractivity contribution in [1.29, 1.82) is 5.26 Å². The Hall–Kier alpha value is -1.54. The monoisotopic (exact) mass is 402 g/mol. The van der Waals surface area contributed by atoms with E-state index in [4.69, 9.17) is 0 Å². The molecule has 112 valence electrons. The van der Waals surface area contributed by atoms with Gasteiger partial charge in [-0.1, -0.05) is 36.4 Å². The molecule has 0 saturated carbocycles. The van der Waals surface area contributed by atoms with E-state index in [0.717, 1.165) is 32.2 Å². The summed E-state index contributed by atoms with van der Waals surface area (Å²) in [5.41, 5.74) is 3.58. The molecule has 1 atom stereocenters. The Morgan fingerprint density at radius 1 is 1.14 bits per heavy atom. The SMILES string of the molecule is N#C[C@@]1(CCc2ccccc2I)CCc2ccccc2NC1. The number of rotatable bonds is 3. The molecular weight excluding hydrogens is 383 g/mol. The summed E-state index contributed by atoms with van der Waals surface area (Å²) < 4.78 is 1.29. The van der Waals surface area contributed by atoms with Crippen molar-refractivity contribution in [2.75, 3.05) is 11.9 Å². The minimum absolute atomic E-state index is 0.280. The van der Waals surface area contributed by atoms with Gasteiger partial charge in [-0.25, -0.2) is 0 Å². The fraction of sp³-hybridized carbons (Fsp3) is 0.316. The number of hydrogen-bond acceptors (Lipinski definition) is 2. The summed E-state index contributed by atoms with van der Waals surface area (Å²) in [4.78, 5) is 0. The molecule has 1 aliphatic rings. The maximum atomic E-state index is 9.80. The van der Waals surface area contributed by atoms with Crippen molar-refractivity contribution < 1.29 is 0 Å². The van der Waals surface area contributed by atoms with Crippen LogP contribution in [0.1, 0.15) is 24.0 Å². The van der Waals surface area contributed by atoms with E-state index in [9.17, 15) is 5.26 Å². The van der Waals surface area contributed by atoms with Gasteiger partial charge in [0, 0.05) is 15.8 Å². The Morgan fingerprint density at radius 2 is 1.91 bits per heavy atom. The average Bonchev–Trinajstić information content (AvgIpc) is 2.75. The molecule has 2 aromatic rings. The highest BCUT2D eigenvalue weighted by molar-refractivity contribution is 14.1. The molecule has 0 fully saturated rings. The van der Waals surface area contributed by atoms with E-state index in [1.165, 1.54) is 20.4 Å². The number of anilines is 1. The largest absolute Gasteiger partial charge is 0.383 e. The molecule has 22 heavy (non-hydrogen) atoms. The summed E-state index contributed by atoms with van der Waals surface area (Å²) in [6.45, 7) is 0.740. The third-order valence-corrected chi connectivity index (χ3v) is 5.63. The van der Waals surface area contributed by atoms with Crippen molar-refractivity contribution in [3.8, 4) is 6.07 Å². The number of hydrogen-bond donors (Lipinski definition) is 1. The predicted octanol–water partition coefficient (Wildman–Crippen LogP) is 4.79. The Kier molecular flexibility index (Phi) is 4.68. The van der Waals surface area contributed by atoms with Crippen LogP contribution in [0, 0.1) is 20.3 Å². The summed E-state index contributed by atoms with van der Waals surface area (Å²) >= 11 is 2.38. The molecule has 2 nitrogen and oxygen atoms in total. The molecule has 1 N–H and O–H groups in total. The van der Waals surface area contributed by atoms with Crippen LogP contribution in [-0.4, -0.2) is 6.54 Å². The van der Waals surface area contributed by atoms with Crippen LogP contribution >= 0.6 is 22.6 Å². The standard InChI is InChI=1S/C19H19IN2/c20-17-7-3-1-5-15(17)9-11-19(13-21)12-10-16-6-2-4-8-18(16)22-14-19/h1-8,22H,9-12,14H2/t19-/m1/s1. The molecule has 0 saturated heterocycles. The Balaban J connectivity index is 1.74. The van der Waals surface area contributed by atoms with Crippen LogP contribution in [0.3, 0.4) is 0 Å². The number of benzene rings is 2. The molecule has 3 rings (SSSR count). The second-order valence-corrected chi connectivity index (χ2v) is 7.16. The third-order valence-electron chi connectivity index (χ3n) is 4.58. The lowest BCUT2D eigenvalue weighted by Crippen LogP contribution is -2.28. The quantitative estimate of drug-likeness (QED) is 0.750. The normalized spacial score (nSPS) is 20.4. The molecule has 0 amide bonds. The zero-order chi connectivity index (χ0) is 15.4. The van der Waals surface area contributed by atoms with Crippen LogP contribution in [0.15, 0.2) is 48.5 Å². The lowest BCUT2D eigenvalue weighted by molar-refractivity contribution is 0.361. The number of para-hydroxylation sites is 1. The van der Waals surface area contributed by atoms with Gasteiger partial charge < -0.3 is 5.32 Å². The number of nitrogens with zero attached hydrogens (tertiary/aromatic N) is 1. The first-order valence-corrected chi connectivity index (χ1v) is 8.77. The van der Waals surface area contributed by atoms with Gasteiger partial charge in [-0.15, -0.1) is 0 Å². The van der Waals surface area contributed by atoms with Crippen molar-refractivity contribution >= 4 is 28.3 Å². The molecule has 0 unspecified atom stereocenters. The molecule has 0 aromatic heterocycles. The number of aryl methyl sites for hydroxylation is 2. The van der Waals surface area contributed by atoms with Crippen LogP contribution in [0.5, 0.6) is 0 Å². The number of halogens is 1. The first-order chi connectivity index (χ1) is 10.7. The predicted molar refractivity (Wildman–Crippen MR) is 98.8 cm³/mol. The van der Waals surface area contributed by atoms with Gasteiger partial charge >= 0.3 is 0 Å². The smallest absolute Gasteiger partial charge is 0.0752 e. The van der Waals surface area contributed by atoms with Gasteiger partial charge in [0.05, 0.1) is 11.5 Å². The average molecular weight is 402 g/mol. The van der Waals surface area contributed by atoms with E-state index >= 15 is 0 Å². The van der Waals surface area contributed by atoms with Gasteiger partial charge in [-0.05, 0) is 71.5 Å². The first-order valence-electron chi connectivity index (χ1n) is 7.69. The first kappa shape index (κ1) is 15.4. The number of fused-ring (bicyclic) bond motifs is 1. The summed E-state index contributed by atoms with van der Waals surface area (Å²) in [6.07, 6.45) is 3.77. The second kappa shape index (κ2) is 6.70. The zero-order valence-electron chi connectivity index (χ0n) is 12.5. The van der Waals surface area contributed by atoms with Crippen molar-refractivity contribution in [3.63, 3.8) is 0 Å². The van der Waals surface area contributed by atoms with Crippen LogP contribution < -0.4 is 5.32 Å². The topological polar surface area (TPSA) is 35.8 Å². The summed E-state index contributed by atoms with van der Waals surface area (Å²) in [6, 6.07) is 19.5. The summed E-state index contributed by atoms with van der Waals surface area (Å²) in [5.74, 6) is 0. The maximum Gasteiger partial charge on any atom is 0.0752 e. The van der Waals surface area contributed by atoms with Gasteiger partial charge in [-0.3, -0.25) is 0 Å². The van der Waals surface area contributed by atoms with Crippen molar-refractivity contribution in [1.82, 2.24) is 0 Å². The van der Waals surface area contributed by atoms with Gasteiger partial charge in [0.1, 0.15) is 0 Å². The van der Waals surface area contributed by atoms with Crippen LogP contribution in [-0.2, 0) is 12.8 Å². The molecular formula is C19H19IN2. The maximum absolute atomic E-state index is 9.80. The van der Waals surface area contributed by atoms with Crippen LogP contribution in [0.4, 0.5) is 5.69 Å². The minimum Gasteiger partial charge on any atom is -0.383 e. The summed E-state index contributed by atoms with van der Waals surface area (Å²) in [5, 5.41) is 13.3. The van der Waals surface area contributed by atoms with E-state index in [1.807, 2.05) is 0 Å². The highest BCUT2D eigenvalue weighted by atomic mass is 127. The van der Waals surface area contributed by atoms with Crippen molar-refractivity contribution in [3.05, 3.63) is 63.2 Å². The Labute approximate surface area is 145 Å². The number of nitriles is 1. The highest BCUT2D eigenvalue weighted by Gasteiger charge is 2.32. The van der Waals surface area contributed by atoms with Crippen molar-refractivity contribution in [2.24, 2.45) is 5.41 Å². The van der Waals surface area contributed by atoms with E-state index < -0.39 is 0 Å². The summed E-state index contributed by atoms with van der Waals surface area (Å²) in [7, 11) is 0. The van der Waals surface area contributed by atoms with Gasteiger partial charge in [0.25, 0.3) is 0 Å². The lowest BCUT2D eigenvalue weighted by atomic mass is 9.79. The Bertz CT molecular complexity index is 676. The minimum atomic E-state index is -0.280. The molecule has 0 aliphatic carbocycles. The third kappa shape index (κ3) is 3.27. The van der Waals surface area contributed by atoms with E-state index in [0.29, 0.717) is 0 Å². The van der Waals surface area contributed by atoms with Crippen LogP contribution in [0.25, 0.3) is 0 Å². The molecule has 0 radical (unpaired) electrons. The van der Waals surface area contributed by atoms with Gasteiger partial charge in [-0.2, -0.15) is 5.26 Å². The van der Waals surface area contributed by atoms with Gasteiger partial charge in [0.2, 0.25) is 0 Å². The molecule has 3 heteroatoms. The molecule has 2 aromatic carbocycles. The molecule has 0 spiro atoms. The molecule has 1 aliphatic heterocycles. The molecule has 0 bridgehead atoms. The molecule has 1 heterocycles. The van der Waals surface area contributed by atoms with Crippen LogP contribution in [0.2, 0.25) is 0 Å². The lowest BCUT2D eigenvalue weighted by Gasteiger charge is -2.25. The number of nitrogens with one attached hydrogen (secondary N) is 1. The fourth-order valence-corrected chi connectivity index (χ4v) is 3.73. The highest BCUT2D eigenvalue weighted by Crippen LogP contribution is 2.35. The zero-order valence-corrected chi connectivity index (χ0v) is 14.6. The Morgan fingerprint density at radius 3 is 2.73 bits per heavy atom. The van der Waals surface area contributed by atoms with Gasteiger partial charge in [0.15, 0.2) is 0 Å². The van der Waals surface area contributed by atoms with E-state index in [1.54, 1.807) is 0 Å². The fourth-order valence-electron chi connectivity index (χ4n) is 3.08. The van der Waals surface area contributed by atoms with E-state index in [-0.39, 0.29) is 5.41 Å².